The van der Waals surface area contributed by atoms with Crippen LogP contribution in [0.4, 0.5) is 5.69 Å². The van der Waals surface area contributed by atoms with Crippen molar-refractivity contribution < 1.29 is 9.53 Å². The second kappa shape index (κ2) is 10.8. The molecule has 1 aliphatic heterocycles. The SMILES string of the molecule is Cc1ccc(C(=O)NCC(c2cccc(Cl)c2)N(C)C)cc1N1CCOCC1.Cl. The van der Waals surface area contributed by atoms with Gasteiger partial charge in [0.1, 0.15) is 0 Å². The van der Waals surface area contributed by atoms with Crippen LogP contribution in [-0.2, 0) is 4.74 Å². The maximum atomic E-state index is 12.8. The molecule has 0 aliphatic carbocycles. The van der Waals surface area contributed by atoms with E-state index in [0.29, 0.717) is 17.1 Å². The summed E-state index contributed by atoms with van der Waals surface area (Å²) in [5.74, 6) is -0.0663. The van der Waals surface area contributed by atoms with E-state index in [1.165, 1.54) is 5.56 Å². The molecular weight excluding hydrogens is 409 g/mol. The number of carbonyl (C=O) groups is 1. The number of anilines is 1. The van der Waals surface area contributed by atoms with Gasteiger partial charge in [-0.25, -0.2) is 0 Å². The third-order valence-corrected chi connectivity index (χ3v) is 5.37. The Morgan fingerprint density at radius 2 is 1.93 bits per heavy atom. The number of morpholine rings is 1. The second-order valence-electron chi connectivity index (χ2n) is 7.35. The number of likely N-dealkylation sites (N-methyl/N-ethyl adjacent to an activating group) is 1. The maximum absolute atomic E-state index is 12.8. The predicted molar refractivity (Wildman–Crippen MR) is 122 cm³/mol. The lowest BCUT2D eigenvalue weighted by Crippen LogP contribution is -2.37. The summed E-state index contributed by atoms with van der Waals surface area (Å²) in [6.45, 7) is 5.73. The smallest absolute Gasteiger partial charge is 0.251 e. The summed E-state index contributed by atoms with van der Waals surface area (Å²) in [5, 5.41) is 3.78. The first kappa shape index (κ1) is 23.5. The minimum atomic E-state index is -0.0663. The molecule has 0 spiro atoms. The van der Waals surface area contributed by atoms with Gasteiger partial charge < -0.3 is 19.9 Å². The molecule has 7 heteroatoms. The maximum Gasteiger partial charge on any atom is 0.251 e. The van der Waals surface area contributed by atoms with Gasteiger partial charge in [0.05, 0.1) is 19.3 Å². The van der Waals surface area contributed by atoms with E-state index in [1.54, 1.807) is 0 Å². The first-order valence-corrected chi connectivity index (χ1v) is 9.97. The summed E-state index contributed by atoms with van der Waals surface area (Å²) in [6, 6.07) is 13.7. The fourth-order valence-corrected chi connectivity index (χ4v) is 3.70. The molecule has 1 atom stereocenters. The van der Waals surface area contributed by atoms with Gasteiger partial charge in [0.2, 0.25) is 0 Å². The van der Waals surface area contributed by atoms with Crippen molar-refractivity contribution in [3.8, 4) is 0 Å². The van der Waals surface area contributed by atoms with Crippen molar-refractivity contribution in [3.05, 3.63) is 64.2 Å². The average Bonchev–Trinajstić information content (AvgIpc) is 2.69. The number of hydrogen-bond acceptors (Lipinski definition) is 4. The highest BCUT2D eigenvalue weighted by Gasteiger charge is 2.18. The van der Waals surface area contributed by atoms with Crippen molar-refractivity contribution in [2.24, 2.45) is 0 Å². The molecule has 3 rings (SSSR count). The minimum absolute atomic E-state index is 0. The number of rotatable bonds is 6. The van der Waals surface area contributed by atoms with Crippen LogP contribution in [0, 0.1) is 6.92 Å². The zero-order valence-electron chi connectivity index (χ0n) is 17.2. The number of halogens is 2. The van der Waals surface area contributed by atoms with E-state index < -0.39 is 0 Å². The Morgan fingerprint density at radius 3 is 2.59 bits per heavy atom. The molecule has 1 N–H and O–H groups in total. The van der Waals surface area contributed by atoms with Crippen LogP contribution < -0.4 is 10.2 Å². The number of ether oxygens (including phenoxy) is 1. The summed E-state index contributed by atoms with van der Waals surface area (Å²) < 4.78 is 5.44. The van der Waals surface area contributed by atoms with E-state index in [2.05, 4.69) is 22.0 Å². The zero-order chi connectivity index (χ0) is 20.1. The first-order valence-electron chi connectivity index (χ1n) is 9.59. The van der Waals surface area contributed by atoms with Crippen molar-refractivity contribution in [2.45, 2.75) is 13.0 Å². The molecule has 1 heterocycles. The number of aryl methyl sites for hydroxylation is 1. The average molecular weight is 438 g/mol. The topological polar surface area (TPSA) is 44.8 Å². The molecule has 5 nitrogen and oxygen atoms in total. The minimum Gasteiger partial charge on any atom is -0.378 e. The first-order chi connectivity index (χ1) is 13.5. The molecule has 2 aromatic carbocycles. The lowest BCUT2D eigenvalue weighted by Gasteiger charge is -2.30. The number of nitrogens with one attached hydrogen (secondary N) is 1. The molecule has 1 aliphatic rings. The molecule has 0 aromatic heterocycles. The van der Waals surface area contributed by atoms with Crippen molar-refractivity contribution in [2.75, 3.05) is 51.8 Å². The Hall–Kier alpha value is -1.79. The van der Waals surface area contributed by atoms with Crippen LogP contribution in [0.15, 0.2) is 42.5 Å². The molecule has 1 fully saturated rings. The Morgan fingerprint density at radius 1 is 1.21 bits per heavy atom. The van der Waals surface area contributed by atoms with E-state index in [9.17, 15) is 4.79 Å². The van der Waals surface area contributed by atoms with E-state index in [1.807, 2.05) is 56.6 Å². The summed E-state index contributed by atoms with van der Waals surface area (Å²) in [7, 11) is 4.00. The standard InChI is InChI=1S/C22H28ClN3O2.ClH/c1-16-7-8-18(14-20(16)26-9-11-28-12-10-26)22(27)24-15-21(25(2)3)17-5-4-6-19(23)13-17;/h4-8,13-14,21H,9-12,15H2,1-3H3,(H,24,27);1H. The van der Waals surface area contributed by atoms with Crippen molar-refractivity contribution in [1.29, 1.82) is 0 Å². The summed E-state index contributed by atoms with van der Waals surface area (Å²) in [5.41, 5.74) is 4.03. The largest absolute Gasteiger partial charge is 0.378 e. The number of benzene rings is 2. The molecule has 0 bridgehead atoms. The highest BCUT2D eigenvalue weighted by Crippen LogP contribution is 2.24. The Balaban J connectivity index is 0.00000300. The van der Waals surface area contributed by atoms with E-state index >= 15 is 0 Å². The fourth-order valence-electron chi connectivity index (χ4n) is 3.50. The van der Waals surface area contributed by atoms with Crippen molar-refractivity contribution in [3.63, 3.8) is 0 Å². The molecule has 0 saturated carbocycles. The van der Waals surface area contributed by atoms with Crippen LogP contribution in [0.25, 0.3) is 0 Å². The summed E-state index contributed by atoms with van der Waals surface area (Å²) in [6.07, 6.45) is 0. The highest BCUT2D eigenvalue weighted by molar-refractivity contribution is 6.30. The van der Waals surface area contributed by atoms with Gasteiger partial charge in [-0.15, -0.1) is 12.4 Å². The van der Waals surface area contributed by atoms with Crippen molar-refractivity contribution >= 4 is 35.6 Å². The molecule has 1 unspecified atom stereocenters. The van der Waals surface area contributed by atoms with Gasteiger partial charge in [0, 0.05) is 35.9 Å². The Kier molecular flexibility index (Phi) is 8.78. The van der Waals surface area contributed by atoms with Crippen LogP contribution in [0.3, 0.4) is 0 Å². The molecule has 0 radical (unpaired) electrons. The highest BCUT2D eigenvalue weighted by atomic mass is 35.5. The lowest BCUT2D eigenvalue weighted by molar-refractivity contribution is 0.0942. The molecule has 1 saturated heterocycles. The van der Waals surface area contributed by atoms with Crippen molar-refractivity contribution in [1.82, 2.24) is 10.2 Å². The normalized spacial score (nSPS) is 15.0. The number of carbonyl (C=O) groups excluding carboxylic acids is 1. The van der Waals surface area contributed by atoms with E-state index in [-0.39, 0.29) is 24.4 Å². The lowest BCUT2D eigenvalue weighted by atomic mass is 10.1. The van der Waals surface area contributed by atoms with Crippen LogP contribution in [0.1, 0.15) is 27.5 Å². The third-order valence-electron chi connectivity index (χ3n) is 5.14. The number of amides is 1. The quantitative estimate of drug-likeness (QED) is 0.742. The fraction of sp³-hybridized carbons (Fsp3) is 0.409. The van der Waals surface area contributed by atoms with Gasteiger partial charge >= 0.3 is 0 Å². The monoisotopic (exact) mass is 437 g/mol. The molecule has 1 amide bonds. The van der Waals surface area contributed by atoms with Gasteiger partial charge in [-0.2, -0.15) is 0 Å². The van der Waals surface area contributed by atoms with Gasteiger partial charge in [0.25, 0.3) is 5.91 Å². The summed E-state index contributed by atoms with van der Waals surface area (Å²) >= 11 is 6.14. The van der Waals surface area contributed by atoms with Crippen LogP contribution in [-0.4, -0.2) is 57.8 Å². The van der Waals surface area contributed by atoms with E-state index in [0.717, 1.165) is 37.6 Å². The predicted octanol–water partition coefficient (Wildman–Crippen LogP) is 3.94. The van der Waals surface area contributed by atoms with E-state index in [4.69, 9.17) is 16.3 Å². The van der Waals surface area contributed by atoms with Gasteiger partial charge in [-0.3, -0.25) is 4.79 Å². The molecule has 29 heavy (non-hydrogen) atoms. The second-order valence-corrected chi connectivity index (χ2v) is 7.78. The molecule has 158 valence electrons. The Bertz CT molecular complexity index is 823. The number of nitrogens with zero attached hydrogens (tertiary/aromatic N) is 2. The zero-order valence-corrected chi connectivity index (χ0v) is 18.7. The van der Waals surface area contributed by atoms with Crippen LogP contribution >= 0.6 is 24.0 Å². The number of hydrogen-bond donors (Lipinski definition) is 1. The van der Waals surface area contributed by atoms with Gasteiger partial charge in [-0.1, -0.05) is 29.8 Å². The Labute approximate surface area is 184 Å². The van der Waals surface area contributed by atoms with Gasteiger partial charge in [-0.05, 0) is 56.4 Å². The van der Waals surface area contributed by atoms with Crippen LogP contribution in [0.5, 0.6) is 0 Å². The molecular formula is C22H29Cl2N3O2. The third kappa shape index (κ3) is 6.09. The molecule has 2 aromatic rings. The summed E-state index contributed by atoms with van der Waals surface area (Å²) in [4.78, 5) is 17.2. The van der Waals surface area contributed by atoms with Gasteiger partial charge in [0.15, 0.2) is 0 Å². The van der Waals surface area contributed by atoms with Crippen LogP contribution in [0.2, 0.25) is 5.02 Å².